The Morgan fingerprint density at radius 1 is 1.67 bits per heavy atom. The highest BCUT2D eigenvalue weighted by molar-refractivity contribution is 14.1. The van der Waals surface area contributed by atoms with Crippen LogP contribution in [-0.2, 0) is 7.80 Å². The van der Waals surface area contributed by atoms with Crippen molar-refractivity contribution in [1.82, 2.24) is 9.55 Å². The number of halogens is 1. The summed E-state index contributed by atoms with van der Waals surface area (Å²) in [6.45, 7) is 1.85. The van der Waals surface area contributed by atoms with Crippen LogP contribution in [-0.4, -0.2) is 33.5 Å². The van der Waals surface area contributed by atoms with E-state index in [2.05, 4.69) is 4.98 Å². The Kier molecular flexibility index (Phi) is 4.20. The van der Waals surface area contributed by atoms with Crippen molar-refractivity contribution in [3.8, 4) is 0 Å². The Balaban J connectivity index is 2.26. The van der Waals surface area contributed by atoms with Crippen LogP contribution in [0.3, 0.4) is 0 Å². The Morgan fingerprint density at radius 3 is 3.06 bits per heavy atom. The van der Waals surface area contributed by atoms with E-state index >= 15 is 0 Å². The van der Waals surface area contributed by atoms with Gasteiger partial charge in [-0.3, -0.25) is 14.3 Å². The molecule has 0 aliphatic carbocycles. The summed E-state index contributed by atoms with van der Waals surface area (Å²) < 4.78 is 11.7. The molecule has 100 valence electrons. The number of ether oxygens (including phenoxy) is 1. The minimum Gasteiger partial charge on any atom is -0.390 e. The quantitative estimate of drug-likeness (QED) is 0.725. The third kappa shape index (κ3) is 2.66. The highest BCUT2D eigenvalue weighted by atomic mass is 127. The Hall–Kier alpha value is -0.710. The molecule has 0 bridgehead atoms. The van der Waals surface area contributed by atoms with Crippen molar-refractivity contribution in [2.75, 3.05) is 6.61 Å². The molecule has 1 aromatic heterocycles. The second-order valence-corrected chi connectivity index (χ2v) is 4.81. The summed E-state index contributed by atoms with van der Waals surface area (Å²) in [5.41, 5.74) is -0.540. The number of H-pyrrole nitrogens is 1. The fourth-order valence-corrected chi connectivity index (χ4v) is 2.25. The molecule has 7 nitrogen and oxygen atoms in total. The lowest BCUT2D eigenvalue weighted by Gasteiger charge is -2.15. The van der Waals surface area contributed by atoms with Gasteiger partial charge >= 0.3 is 5.69 Å². The molecule has 3 atom stereocenters. The van der Waals surface area contributed by atoms with Gasteiger partial charge in [-0.25, -0.2) is 4.79 Å². The highest BCUT2D eigenvalue weighted by Crippen LogP contribution is 2.27. The Morgan fingerprint density at radius 2 is 2.39 bits per heavy atom. The summed E-state index contributed by atoms with van der Waals surface area (Å²) in [4.78, 5) is 25.1. The first kappa shape index (κ1) is 13.7. The molecular weight excluding hydrogens is 355 g/mol. The topological polar surface area (TPSA) is 93.6 Å². The summed E-state index contributed by atoms with van der Waals surface area (Å²) in [6.07, 6.45) is -0.0171. The molecule has 1 aliphatic rings. The molecule has 8 heteroatoms. The van der Waals surface area contributed by atoms with E-state index in [1.54, 1.807) is 29.9 Å². The van der Waals surface area contributed by atoms with Crippen LogP contribution in [0.5, 0.6) is 0 Å². The summed E-state index contributed by atoms with van der Waals surface area (Å²) in [5, 5.41) is 9.77. The van der Waals surface area contributed by atoms with Gasteiger partial charge in [0.1, 0.15) is 35.3 Å². The second kappa shape index (κ2) is 5.51. The maximum atomic E-state index is 11.7. The first-order valence-electron chi connectivity index (χ1n) is 5.42. The number of nitrogens with one attached hydrogen (secondary N) is 1. The van der Waals surface area contributed by atoms with Gasteiger partial charge in [-0.2, -0.15) is 0 Å². The van der Waals surface area contributed by atoms with Gasteiger partial charge in [-0.15, -0.1) is 0 Å². The number of aryl methyl sites for hydroxylation is 1. The molecule has 0 spiro atoms. The number of hydrogen-bond acceptors (Lipinski definition) is 5. The van der Waals surface area contributed by atoms with Crippen molar-refractivity contribution in [2.45, 2.75) is 31.8 Å². The van der Waals surface area contributed by atoms with Gasteiger partial charge in [0.05, 0.1) is 12.7 Å². The molecule has 1 fully saturated rings. The monoisotopic (exact) mass is 368 g/mol. The third-order valence-corrected chi connectivity index (χ3v) is 3.25. The fourth-order valence-electron chi connectivity index (χ4n) is 1.90. The van der Waals surface area contributed by atoms with Crippen molar-refractivity contribution in [1.29, 1.82) is 0 Å². The Labute approximate surface area is 116 Å². The van der Waals surface area contributed by atoms with Gasteiger partial charge in [0.15, 0.2) is 0 Å². The van der Waals surface area contributed by atoms with Crippen LogP contribution in [0.4, 0.5) is 0 Å². The van der Waals surface area contributed by atoms with Crippen molar-refractivity contribution in [3.63, 3.8) is 0 Å². The predicted octanol–water partition coefficient (Wildman–Crippen LogP) is -0.140. The smallest absolute Gasteiger partial charge is 0.330 e. The predicted molar refractivity (Wildman–Crippen MR) is 70.6 cm³/mol. The van der Waals surface area contributed by atoms with Gasteiger partial charge in [0.25, 0.3) is 5.56 Å². The average molecular weight is 368 g/mol. The van der Waals surface area contributed by atoms with E-state index in [0.717, 1.165) is 0 Å². The van der Waals surface area contributed by atoms with Crippen LogP contribution in [0.1, 0.15) is 18.2 Å². The molecule has 1 aliphatic heterocycles. The molecule has 1 saturated heterocycles. The number of aromatic amines is 1. The molecule has 0 radical (unpaired) electrons. The minimum absolute atomic E-state index is 0.245. The lowest BCUT2D eigenvalue weighted by molar-refractivity contribution is -0.0348. The van der Waals surface area contributed by atoms with E-state index in [9.17, 15) is 14.7 Å². The third-order valence-electron chi connectivity index (χ3n) is 2.89. The first-order valence-corrected chi connectivity index (χ1v) is 6.30. The number of rotatable bonds is 3. The van der Waals surface area contributed by atoms with Crippen molar-refractivity contribution in [2.24, 2.45) is 0 Å². The van der Waals surface area contributed by atoms with Crippen molar-refractivity contribution in [3.05, 3.63) is 32.6 Å². The number of aliphatic hydroxyl groups is 1. The molecule has 0 aromatic carbocycles. The molecule has 1 unspecified atom stereocenters. The number of nitrogens with zero attached hydrogens (tertiary/aromatic N) is 1. The number of hydrogen-bond donors (Lipinski definition) is 2. The van der Waals surface area contributed by atoms with Gasteiger partial charge in [-0.1, -0.05) is 0 Å². The SMILES string of the molecule is Cc1cn([C@H]2CC(O)[C@@H](COI)O2)c(=O)[nH]c1=O. The van der Waals surface area contributed by atoms with Gasteiger partial charge in [-0.05, 0) is 6.92 Å². The largest absolute Gasteiger partial charge is 0.390 e. The zero-order valence-corrected chi connectivity index (χ0v) is 11.8. The summed E-state index contributed by atoms with van der Waals surface area (Å²) >= 11 is 1.72. The second-order valence-electron chi connectivity index (χ2n) is 4.19. The van der Waals surface area contributed by atoms with Crippen LogP contribution in [0.25, 0.3) is 0 Å². The summed E-state index contributed by atoms with van der Waals surface area (Å²) in [6, 6.07) is 0. The lowest BCUT2D eigenvalue weighted by Crippen LogP contribution is -2.33. The zero-order valence-electron chi connectivity index (χ0n) is 9.63. The van der Waals surface area contributed by atoms with Crippen LogP contribution in [0.2, 0.25) is 0 Å². The zero-order chi connectivity index (χ0) is 13.3. The molecular formula is C10H13IN2O5. The summed E-state index contributed by atoms with van der Waals surface area (Å²) in [5.74, 6) is 0. The maximum Gasteiger partial charge on any atom is 0.330 e. The normalized spacial score (nSPS) is 27.6. The standard InChI is InChI=1S/C10H13IN2O5/c1-5-3-13(10(16)12-9(5)15)8-2-6(14)7(18-8)4-17-11/h3,6-8,14H,2,4H2,1H3,(H,12,15,16)/t6?,7-,8-/m1/s1. The van der Waals surface area contributed by atoms with Crippen LogP contribution in [0, 0.1) is 6.92 Å². The first-order chi connectivity index (χ1) is 8.52. The fraction of sp³-hybridized carbons (Fsp3) is 0.600. The van der Waals surface area contributed by atoms with Crippen LogP contribution < -0.4 is 11.2 Å². The highest BCUT2D eigenvalue weighted by Gasteiger charge is 2.35. The van der Waals surface area contributed by atoms with Crippen LogP contribution >= 0.6 is 23.0 Å². The molecule has 2 heterocycles. The van der Waals surface area contributed by atoms with E-state index in [0.29, 0.717) is 5.56 Å². The van der Waals surface area contributed by atoms with E-state index in [4.69, 9.17) is 7.80 Å². The molecule has 0 amide bonds. The van der Waals surface area contributed by atoms with Crippen molar-refractivity contribution >= 4 is 23.0 Å². The minimum atomic E-state index is -0.691. The van der Waals surface area contributed by atoms with Gasteiger partial charge in [0.2, 0.25) is 0 Å². The van der Waals surface area contributed by atoms with E-state index in [1.165, 1.54) is 10.8 Å². The lowest BCUT2D eigenvalue weighted by atomic mass is 10.2. The molecule has 1 aromatic rings. The van der Waals surface area contributed by atoms with E-state index < -0.39 is 29.7 Å². The number of aliphatic hydroxyl groups excluding tert-OH is 1. The molecule has 2 rings (SSSR count). The van der Waals surface area contributed by atoms with Gasteiger partial charge in [0, 0.05) is 18.2 Å². The summed E-state index contributed by atoms with van der Waals surface area (Å²) in [7, 11) is 0. The van der Waals surface area contributed by atoms with Gasteiger partial charge < -0.3 is 12.9 Å². The Bertz CT molecular complexity index is 540. The molecule has 0 saturated carbocycles. The molecule has 18 heavy (non-hydrogen) atoms. The number of aromatic nitrogens is 2. The average Bonchev–Trinajstić information content (AvgIpc) is 2.66. The van der Waals surface area contributed by atoms with Crippen LogP contribution in [0.15, 0.2) is 15.8 Å². The van der Waals surface area contributed by atoms with E-state index in [1.807, 2.05) is 0 Å². The maximum absolute atomic E-state index is 11.7. The van der Waals surface area contributed by atoms with E-state index in [-0.39, 0.29) is 13.0 Å². The van der Waals surface area contributed by atoms with Crippen molar-refractivity contribution < 1.29 is 12.9 Å². The molecule has 2 N–H and O–H groups in total.